The number of amides is 1. The van der Waals surface area contributed by atoms with E-state index in [4.69, 9.17) is 21.4 Å². The summed E-state index contributed by atoms with van der Waals surface area (Å²) in [5.74, 6) is -1.29. The molecule has 0 saturated heterocycles. The van der Waals surface area contributed by atoms with Crippen LogP contribution in [0.5, 0.6) is 0 Å². The van der Waals surface area contributed by atoms with E-state index in [9.17, 15) is 22.8 Å². The topological polar surface area (TPSA) is 75.6 Å². The lowest BCUT2D eigenvalue weighted by atomic mass is 10.0. The van der Waals surface area contributed by atoms with Gasteiger partial charge in [-0.25, -0.2) is 4.79 Å². The number of rotatable bonds is 4. The van der Waals surface area contributed by atoms with E-state index in [-0.39, 0.29) is 5.56 Å². The van der Waals surface area contributed by atoms with Gasteiger partial charge in [0.25, 0.3) is 0 Å². The van der Waals surface area contributed by atoms with E-state index in [1.54, 1.807) is 20.8 Å². The Morgan fingerprint density at radius 3 is 2.33 bits per heavy atom. The van der Waals surface area contributed by atoms with Crippen molar-refractivity contribution in [2.24, 2.45) is 0 Å². The molecule has 0 spiro atoms. The lowest BCUT2D eigenvalue weighted by Gasteiger charge is -2.23. The Morgan fingerprint density at radius 2 is 1.88 bits per heavy atom. The molecule has 1 aromatic rings. The molecule has 0 aliphatic heterocycles. The number of nitrogens with one attached hydrogen (secondary N) is 1. The fourth-order valence-corrected chi connectivity index (χ4v) is 2.08. The summed E-state index contributed by atoms with van der Waals surface area (Å²) in [6.07, 6.45) is -6.25. The van der Waals surface area contributed by atoms with Crippen molar-refractivity contribution in [2.45, 2.75) is 45.0 Å². The second-order valence-corrected chi connectivity index (χ2v) is 6.44. The van der Waals surface area contributed by atoms with E-state index in [1.165, 1.54) is 6.07 Å². The molecule has 0 unspecified atom stereocenters. The maximum atomic E-state index is 12.9. The summed E-state index contributed by atoms with van der Waals surface area (Å²) >= 11 is 5.54. The van der Waals surface area contributed by atoms with E-state index < -0.39 is 46.9 Å². The molecule has 1 aromatic carbocycles. The number of carbonyl (C=O) groups is 2. The van der Waals surface area contributed by atoms with E-state index in [0.717, 1.165) is 6.07 Å². The van der Waals surface area contributed by atoms with Crippen molar-refractivity contribution in [1.29, 1.82) is 0 Å². The monoisotopic (exact) mass is 367 g/mol. The minimum atomic E-state index is -4.70. The number of benzene rings is 1. The van der Waals surface area contributed by atoms with Crippen LogP contribution in [0, 0.1) is 0 Å². The minimum Gasteiger partial charge on any atom is -0.481 e. The highest BCUT2D eigenvalue weighted by molar-refractivity contribution is 6.31. The molecule has 1 rings (SSSR count). The minimum absolute atomic E-state index is 0.0417. The van der Waals surface area contributed by atoms with Crippen LogP contribution >= 0.6 is 11.6 Å². The van der Waals surface area contributed by atoms with Crippen molar-refractivity contribution in [1.82, 2.24) is 5.32 Å². The fraction of sp³-hybridized carbons (Fsp3) is 0.467. The zero-order valence-electron chi connectivity index (χ0n) is 13.2. The molecule has 1 atom stereocenters. The lowest BCUT2D eigenvalue weighted by molar-refractivity contribution is -0.138. The first-order valence-corrected chi connectivity index (χ1v) is 7.25. The average molecular weight is 368 g/mol. The molecule has 2 N–H and O–H groups in total. The SMILES string of the molecule is CC(C)(C)OC(=O)N[C@@H](CC(=O)O)c1ccc(Cl)c(C(F)(F)F)c1. The Morgan fingerprint density at radius 1 is 1.29 bits per heavy atom. The summed E-state index contributed by atoms with van der Waals surface area (Å²) < 4.78 is 43.8. The Kier molecular flexibility index (Phi) is 6.10. The highest BCUT2D eigenvalue weighted by atomic mass is 35.5. The Balaban J connectivity index is 3.13. The number of alkyl halides is 3. The summed E-state index contributed by atoms with van der Waals surface area (Å²) in [4.78, 5) is 22.8. The van der Waals surface area contributed by atoms with Crippen LogP contribution in [0.3, 0.4) is 0 Å². The summed E-state index contributed by atoms with van der Waals surface area (Å²) in [5, 5.41) is 10.7. The number of carbonyl (C=O) groups excluding carboxylic acids is 1. The van der Waals surface area contributed by atoms with Crippen LogP contribution in [-0.2, 0) is 15.7 Å². The molecule has 0 saturated carbocycles. The first-order valence-electron chi connectivity index (χ1n) is 6.87. The van der Waals surface area contributed by atoms with E-state index in [2.05, 4.69) is 5.32 Å². The molecular formula is C15H17ClF3NO4. The van der Waals surface area contributed by atoms with E-state index in [1.807, 2.05) is 0 Å². The van der Waals surface area contributed by atoms with E-state index in [0.29, 0.717) is 6.07 Å². The van der Waals surface area contributed by atoms with Crippen LogP contribution in [0.2, 0.25) is 5.02 Å². The van der Waals surface area contributed by atoms with Crippen molar-refractivity contribution in [3.05, 3.63) is 34.3 Å². The highest BCUT2D eigenvalue weighted by Gasteiger charge is 2.34. The number of aliphatic carboxylic acids is 1. The molecule has 0 bridgehead atoms. The maximum Gasteiger partial charge on any atom is 0.417 e. The van der Waals surface area contributed by atoms with Gasteiger partial charge in [-0.05, 0) is 38.5 Å². The number of carboxylic acids is 1. The predicted octanol–water partition coefficient (Wildman–Crippen LogP) is 4.40. The molecule has 0 aromatic heterocycles. The fourth-order valence-electron chi connectivity index (χ4n) is 1.85. The first-order chi connectivity index (χ1) is 10.8. The second kappa shape index (κ2) is 7.29. The van der Waals surface area contributed by atoms with E-state index >= 15 is 0 Å². The third kappa shape index (κ3) is 6.27. The van der Waals surface area contributed by atoms with Crippen LogP contribution in [0.4, 0.5) is 18.0 Å². The quantitative estimate of drug-likeness (QED) is 0.827. The number of alkyl carbamates (subject to hydrolysis) is 1. The van der Waals surface area contributed by atoms with Gasteiger partial charge in [-0.1, -0.05) is 17.7 Å². The summed E-state index contributed by atoms with van der Waals surface area (Å²) in [6.45, 7) is 4.80. The van der Waals surface area contributed by atoms with Crippen LogP contribution < -0.4 is 5.32 Å². The Hall–Kier alpha value is -1.96. The van der Waals surface area contributed by atoms with Crippen LogP contribution in [0.15, 0.2) is 18.2 Å². The first kappa shape index (κ1) is 20.1. The van der Waals surface area contributed by atoms with Gasteiger partial charge in [0.1, 0.15) is 5.60 Å². The number of ether oxygens (including phenoxy) is 1. The Bertz CT molecular complexity index is 626. The third-order valence-corrected chi connectivity index (χ3v) is 3.10. The smallest absolute Gasteiger partial charge is 0.417 e. The molecule has 24 heavy (non-hydrogen) atoms. The normalized spacial score (nSPS) is 13.3. The van der Waals surface area contributed by atoms with Crippen molar-refractivity contribution in [3.8, 4) is 0 Å². The van der Waals surface area contributed by atoms with Gasteiger partial charge in [-0.2, -0.15) is 13.2 Å². The largest absolute Gasteiger partial charge is 0.481 e. The van der Waals surface area contributed by atoms with Crippen molar-refractivity contribution >= 4 is 23.7 Å². The molecule has 134 valence electrons. The van der Waals surface area contributed by atoms with Crippen LogP contribution in [-0.4, -0.2) is 22.8 Å². The van der Waals surface area contributed by atoms with Crippen LogP contribution in [0.1, 0.15) is 44.4 Å². The van der Waals surface area contributed by atoms with Crippen LogP contribution in [0.25, 0.3) is 0 Å². The zero-order chi connectivity index (χ0) is 18.7. The number of hydrogen-bond donors (Lipinski definition) is 2. The van der Waals surface area contributed by atoms with Gasteiger partial charge < -0.3 is 15.2 Å². The number of carboxylic acid groups (broad SMARTS) is 1. The molecule has 0 fully saturated rings. The predicted molar refractivity (Wildman–Crippen MR) is 80.8 cm³/mol. The van der Waals surface area contributed by atoms with Gasteiger partial charge in [-0.15, -0.1) is 0 Å². The molecular weight excluding hydrogens is 351 g/mol. The zero-order valence-corrected chi connectivity index (χ0v) is 14.0. The van der Waals surface area contributed by atoms with Gasteiger partial charge in [0, 0.05) is 0 Å². The Labute approximate surface area is 141 Å². The summed E-state index contributed by atoms with van der Waals surface area (Å²) in [5.41, 5.74) is -1.99. The van der Waals surface area contributed by atoms with Crippen molar-refractivity contribution in [2.75, 3.05) is 0 Å². The maximum absolute atomic E-state index is 12.9. The van der Waals surface area contributed by atoms with Gasteiger partial charge in [0.15, 0.2) is 0 Å². The van der Waals surface area contributed by atoms with Crippen molar-refractivity contribution in [3.63, 3.8) is 0 Å². The molecule has 0 aliphatic rings. The molecule has 1 amide bonds. The third-order valence-electron chi connectivity index (χ3n) is 2.77. The van der Waals surface area contributed by atoms with Gasteiger partial charge in [0.05, 0.1) is 23.0 Å². The van der Waals surface area contributed by atoms with Gasteiger partial charge in [0.2, 0.25) is 0 Å². The molecule has 9 heteroatoms. The molecule has 0 aliphatic carbocycles. The molecule has 5 nitrogen and oxygen atoms in total. The van der Waals surface area contributed by atoms with Crippen molar-refractivity contribution < 1.29 is 32.6 Å². The van der Waals surface area contributed by atoms with Gasteiger partial charge in [-0.3, -0.25) is 4.79 Å². The second-order valence-electron chi connectivity index (χ2n) is 6.03. The standard InChI is InChI=1S/C15H17ClF3NO4/c1-14(2,3)24-13(23)20-11(7-12(21)22)8-4-5-10(16)9(6-8)15(17,18)19/h4-6,11H,7H2,1-3H3,(H,20,23)(H,21,22)/t11-/m0/s1. The molecule has 0 heterocycles. The number of hydrogen-bond acceptors (Lipinski definition) is 3. The molecule has 0 radical (unpaired) electrons. The van der Waals surface area contributed by atoms with Gasteiger partial charge >= 0.3 is 18.2 Å². The average Bonchev–Trinajstić information content (AvgIpc) is 2.34. The highest BCUT2D eigenvalue weighted by Crippen LogP contribution is 2.36. The lowest BCUT2D eigenvalue weighted by Crippen LogP contribution is -2.35. The number of halogens is 4. The summed E-state index contributed by atoms with van der Waals surface area (Å²) in [6, 6.07) is 1.75. The summed E-state index contributed by atoms with van der Waals surface area (Å²) in [7, 11) is 0.